The van der Waals surface area contributed by atoms with Crippen LogP contribution in [-0.4, -0.2) is 23.9 Å². The van der Waals surface area contributed by atoms with Gasteiger partial charge < -0.3 is 39.6 Å². The summed E-state index contributed by atoms with van der Waals surface area (Å²) in [7, 11) is 0. The van der Waals surface area contributed by atoms with E-state index in [-0.39, 0.29) is 56.8 Å². The molecule has 0 fully saturated rings. The molecule has 0 rings (SSSR count). The Balaban J connectivity index is -0.0000000702. The zero-order valence-electron chi connectivity index (χ0n) is 15.4. The van der Waals surface area contributed by atoms with E-state index in [0.717, 1.165) is 0 Å². The summed E-state index contributed by atoms with van der Waals surface area (Å²) in [5, 5.41) is 38.0. The molecule has 0 radical (unpaired) electrons. The van der Waals surface area contributed by atoms with Crippen molar-refractivity contribution in [1.82, 2.24) is 0 Å². The van der Waals surface area contributed by atoms with Gasteiger partial charge in [0.25, 0.3) is 0 Å². The molecule has 0 atom stereocenters. The molecular formula is C16H28O8U. The van der Waals surface area contributed by atoms with E-state index in [9.17, 15) is 39.6 Å². The molecule has 144 valence electrons. The Morgan fingerprint density at radius 3 is 0.600 bits per heavy atom. The summed E-state index contributed by atoms with van der Waals surface area (Å²) in [5.41, 5.74) is 0. The third-order valence-electron chi connectivity index (χ3n) is 1.82. The van der Waals surface area contributed by atoms with Gasteiger partial charge in [0.2, 0.25) is 0 Å². The van der Waals surface area contributed by atoms with Gasteiger partial charge in [-0.05, 0) is 25.7 Å². The van der Waals surface area contributed by atoms with E-state index in [1.165, 1.54) is 0 Å². The van der Waals surface area contributed by atoms with Crippen molar-refractivity contribution in [2.45, 2.75) is 79.1 Å². The van der Waals surface area contributed by atoms with Gasteiger partial charge in [-0.1, -0.05) is 53.4 Å². The molecule has 0 bridgehead atoms. The van der Waals surface area contributed by atoms with Gasteiger partial charge in [-0.3, -0.25) is 0 Å². The van der Waals surface area contributed by atoms with Gasteiger partial charge in [0, 0.05) is 23.9 Å². The number of hydrogen-bond donors (Lipinski definition) is 0. The number of carboxylic acids is 4. The smallest absolute Gasteiger partial charge is 0.550 e. The minimum Gasteiger partial charge on any atom is -0.550 e. The van der Waals surface area contributed by atoms with Gasteiger partial charge in [0.1, 0.15) is 0 Å². The molecule has 0 aromatic rings. The van der Waals surface area contributed by atoms with Crippen LogP contribution in [0.25, 0.3) is 0 Å². The van der Waals surface area contributed by atoms with Crippen LogP contribution in [0, 0.1) is 31.1 Å². The summed E-state index contributed by atoms with van der Waals surface area (Å²) >= 11 is 0. The summed E-state index contributed by atoms with van der Waals surface area (Å²) in [6.07, 6.45) is 3.40. The molecule has 9 heteroatoms. The van der Waals surface area contributed by atoms with Crippen LogP contribution in [0.5, 0.6) is 0 Å². The van der Waals surface area contributed by atoms with E-state index < -0.39 is 23.9 Å². The number of carbonyl (C=O) groups is 4. The largest absolute Gasteiger partial charge is 4.00 e. The second kappa shape index (κ2) is 30.8. The summed E-state index contributed by atoms with van der Waals surface area (Å²) in [4.78, 5) is 38.0. The van der Waals surface area contributed by atoms with Crippen molar-refractivity contribution in [3.63, 3.8) is 0 Å². The molecule has 0 aliphatic heterocycles. The molecule has 8 nitrogen and oxygen atoms in total. The first-order valence-corrected chi connectivity index (χ1v) is 7.88. The predicted molar refractivity (Wildman–Crippen MR) is 79.7 cm³/mol. The van der Waals surface area contributed by atoms with Crippen molar-refractivity contribution in [2.75, 3.05) is 0 Å². The van der Waals surface area contributed by atoms with Crippen molar-refractivity contribution >= 4 is 23.9 Å². The SMILES string of the molecule is CCCC(=O)[O-].CCCC(=O)[O-].CCCC(=O)[O-].CCCC(=O)[O-].[U+4]. The Hall–Kier alpha value is -1.07. The maximum Gasteiger partial charge on any atom is 4.00 e. The first-order chi connectivity index (χ1) is 11.1. The van der Waals surface area contributed by atoms with E-state index >= 15 is 0 Å². The zero-order chi connectivity index (χ0) is 20.0. The monoisotopic (exact) mass is 586 g/mol. The fourth-order valence-corrected chi connectivity index (χ4v) is 0.816. The van der Waals surface area contributed by atoms with Crippen molar-refractivity contribution in [2.24, 2.45) is 0 Å². The third kappa shape index (κ3) is 84.1. The summed E-state index contributed by atoms with van der Waals surface area (Å²) in [5.74, 6) is -3.84. The van der Waals surface area contributed by atoms with Crippen LogP contribution in [0.4, 0.5) is 0 Å². The summed E-state index contributed by atoms with van der Waals surface area (Å²) < 4.78 is 0. The average molecular weight is 586 g/mol. The van der Waals surface area contributed by atoms with Crippen molar-refractivity contribution < 1.29 is 70.7 Å². The van der Waals surface area contributed by atoms with Crippen LogP contribution in [0.1, 0.15) is 79.1 Å². The third-order valence-corrected chi connectivity index (χ3v) is 1.82. The zero-order valence-corrected chi connectivity index (χ0v) is 19.6. The number of rotatable bonds is 8. The van der Waals surface area contributed by atoms with Gasteiger partial charge in [-0.15, -0.1) is 0 Å². The van der Waals surface area contributed by atoms with Crippen LogP contribution < -0.4 is 20.4 Å². The molecular weight excluding hydrogens is 558 g/mol. The molecule has 0 aromatic carbocycles. The van der Waals surface area contributed by atoms with Gasteiger partial charge >= 0.3 is 31.1 Å². The number of aliphatic carboxylic acids is 4. The Labute approximate surface area is 173 Å². The standard InChI is InChI=1S/4C4H8O2.U/c4*1-2-3-4(5)6;/h4*2-3H2,1H3,(H,5,6);/q;;;;+4/p-4. The molecule has 0 saturated heterocycles. The Morgan fingerprint density at radius 2 is 0.600 bits per heavy atom. The average Bonchev–Trinajstić information content (AvgIpc) is 2.39. The first kappa shape index (κ1) is 35.1. The number of hydrogen-bond acceptors (Lipinski definition) is 8. The van der Waals surface area contributed by atoms with Crippen molar-refractivity contribution in [1.29, 1.82) is 0 Å². The molecule has 0 spiro atoms. The van der Waals surface area contributed by atoms with Crippen LogP contribution >= 0.6 is 0 Å². The minimum atomic E-state index is -0.961. The van der Waals surface area contributed by atoms with Crippen LogP contribution in [0.3, 0.4) is 0 Å². The molecule has 0 aromatic heterocycles. The van der Waals surface area contributed by atoms with Gasteiger partial charge in [-0.2, -0.15) is 0 Å². The van der Waals surface area contributed by atoms with E-state index in [1.54, 1.807) is 27.7 Å². The molecule has 0 unspecified atom stereocenters. The molecule has 25 heavy (non-hydrogen) atoms. The molecule has 0 N–H and O–H groups in total. The fraction of sp³-hybridized carbons (Fsp3) is 0.750. The number of carbonyl (C=O) groups excluding carboxylic acids is 4. The predicted octanol–water partition coefficient (Wildman–Crippen LogP) is -1.85. The van der Waals surface area contributed by atoms with E-state index in [2.05, 4.69) is 0 Å². The molecule has 0 heterocycles. The quantitative estimate of drug-likeness (QED) is 0.320. The van der Waals surface area contributed by atoms with E-state index in [0.29, 0.717) is 25.7 Å². The summed E-state index contributed by atoms with van der Waals surface area (Å²) in [6.45, 7) is 7.21. The first-order valence-electron chi connectivity index (χ1n) is 7.88. The normalized spacial score (nSPS) is 7.84. The molecule has 0 aliphatic rings. The van der Waals surface area contributed by atoms with Crippen LogP contribution in [0.15, 0.2) is 0 Å². The number of carboxylic acid groups (broad SMARTS) is 4. The maximum atomic E-state index is 9.49. The van der Waals surface area contributed by atoms with Gasteiger partial charge in [0.15, 0.2) is 0 Å². The molecule has 0 amide bonds. The Kier molecular flexibility index (Phi) is 43.2. The van der Waals surface area contributed by atoms with Crippen LogP contribution in [0.2, 0.25) is 0 Å². The topological polar surface area (TPSA) is 161 Å². The van der Waals surface area contributed by atoms with Crippen molar-refractivity contribution in [3.8, 4) is 0 Å². The van der Waals surface area contributed by atoms with Gasteiger partial charge in [-0.25, -0.2) is 0 Å². The van der Waals surface area contributed by atoms with E-state index in [4.69, 9.17) is 0 Å². The second-order valence-corrected chi connectivity index (χ2v) is 4.49. The fourth-order valence-electron chi connectivity index (χ4n) is 0.816. The maximum absolute atomic E-state index is 9.49. The van der Waals surface area contributed by atoms with Gasteiger partial charge in [0.05, 0.1) is 0 Å². The van der Waals surface area contributed by atoms with Crippen molar-refractivity contribution in [3.05, 3.63) is 0 Å². The van der Waals surface area contributed by atoms with E-state index in [1.807, 2.05) is 0 Å². The molecule has 0 saturated carbocycles. The van der Waals surface area contributed by atoms with Crippen LogP contribution in [-0.2, 0) is 19.2 Å². The summed E-state index contributed by atoms with van der Waals surface area (Å²) in [6, 6.07) is 0. The Bertz CT molecular complexity index is 268. The molecule has 0 aliphatic carbocycles. The minimum absolute atomic E-state index is 0. The Morgan fingerprint density at radius 1 is 0.480 bits per heavy atom. The second-order valence-electron chi connectivity index (χ2n) is 4.49.